The van der Waals surface area contributed by atoms with Gasteiger partial charge in [-0.05, 0) is 24.6 Å². The minimum Gasteiger partial charge on any atom is -0.308 e. The van der Waals surface area contributed by atoms with Gasteiger partial charge in [-0.25, -0.2) is 15.8 Å². The fourth-order valence-corrected chi connectivity index (χ4v) is 1.76. The Kier molecular flexibility index (Phi) is 3.22. The fraction of sp³-hybridized carbons (Fsp3) is 0.273. The normalized spacial score (nSPS) is 10.7. The molecule has 1 aromatic carbocycles. The molecule has 1 heterocycles. The number of aromatic nitrogens is 2. The number of nitrogen functional groups attached to an aromatic ring is 1. The molecule has 0 amide bonds. The van der Waals surface area contributed by atoms with Gasteiger partial charge in [0.15, 0.2) is 5.82 Å². The first-order valence-corrected chi connectivity index (χ1v) is 5.55. The van der Waals surface area contributed by atoms with Gasteiger partial charge in [-0.1, -0.05) is 18.5 Å². The van der Waals surface area contributed by atoms with Crippen LogP contribution < -0.4 is 11.3 Å². The standard InChI is InChI=1S/C11H13ClN4/c1-2-3-10-14-9-6-7(12)4-5-8(9)11(15-10)16-13/h4-6H,2-3,13H2,1H3,(H,14,15,16). The van der Waals surface area contributed by atoms with Crippen LogP contribution in [-0.4, -0.2) is 9.97 Å². The van der Waals surface area contributed by atoms with Crippen LogP contribution >= 0.6 is 11.6 Å². The highest BCUT2D eigenvalue weighted by Gasteiger charge is 2.06. The molecule has 1 aromatic heterocycles. The monoisotopic (exact) mass is 236 g/mol. The Morgan fingerprint density at radius 2 is 2.19 bits per heavy atom. The van der Waals surface area contributed by atoms with Crippen molar-refractivity contribution in [1.82, 2.24) is 9.97 Å². The zero-order chi connectivity index (χ0) is 11.5. The lowest BCUT2D eigenvalue weighted by Gasteiger charge is -2.07. The maximum absolute atomic E-state index is 5.93. The van der Waals surface area contributed by atoms with Crippen molar-refractivity contribution in [3.63, 3.8) is 0 Å². The zero-order valence-corrected chi connectivity index (χ0v) is 9.75. The summed E-state index contributed by atoms with van der Waals surface area (Å²) >= 11 is 5.93. The fourth-order valence-electron chi connectivity index (χ4n) is 1.60. The quantitative estimate of drug-likeness (QED) is 0.635. The Bertz CT molecular complexity index is 513. The van der Waals surface area contributed by atoms with Gasteiger partial charge in [-0.15, -0.1) is 0 Å². The summed E-state index contributed by atoms with van der Waals surface area (Å²) in [5, 5.41) is 1.54. The van der Waals surface area contributed by atoms with Gasteiger partial charge in [0, 0.05) is 16.8 Å². The van der Waals surface area contributed by atoms with Gasteiger partial charge in [-0.2, -0.15) is 0 Å². The maximum Gasteiger partial charge on any atom is 0.151 e. The smallest absolute Gasteiger partial charge is 0.151 e. The van der Waals surface area contributed by atoms with E-state index in [1.807, 2.05) is 12.1 Å². The van der Waals surface area contributed by atoms with Gasteiger partial charge in [0.1, 0.15) is 5.82 Å². The number of halogens is 1. The number of aryl methyl sites for hydroxylation is 1. The van der Waals surface area contributed by atoms with Gasteiger partial charge in [0.25, 0.3) is 0 Å². The molecule has 0 saturated carbocycles. The third kappa shape index (κ3) is 2.08. The molecule has 0 aliphatic carbocycles. The Morgan fingerprint density at radius 1 is 1.38 bits per heavy atom. The molecule has 84 valence electrons. The van der Waals surface area contributed by atoms with Crippen molar-refractivity contribution in [1.29, 1.82) is 0 Å². The lowest BCUT2D eigenvalue weighted by molar-refractivity contribution is 0.845. The van der Waals surface area contributed by atoms with Crippen LogP contribution in [0.5, 0.6) is 0 Å². The molecule has 2 rings (SSSR count). The third-order valence-electron chi connectivity index (χ3n) is 2.32. The molecular formula is C11H13ClN4. The average Bonchev–Trinajstić information content (AvgIpc) is 2.27. The predicted octanol–water partition coefficient (Wildman–Crippen LogP) is 2.52. The van der Waals surface area contributed by atoms with Gasteiger partial charge in [0.05, 0.1) is 5.52 Å². The molecule has 0 unspecified atom stereocenters. The molecule has 0 aliphatic rings. The van der Waals surface area contributed by atoms with E-state index in [0.717, 1.165) is 29.6 Å². The molecule has 4 nitrogen and oxygen atoms in total. The van der Waals surface area contributed by atoms with Crippen molar-refractivity contribution in [3.05, 3.63) is 29.0 Å². The highest BCUT2D eigenvalue weighted by atomic mass is 35.5. The highest BCUT2D eigenvalue weighted by Crippen LogP contribution is 2.23. The number of hydrazine groups is 1. The van der Waals surface area contributed by atoms with Crippen LogP contribution in [0.3, 0.4) is 0 Å². The molecule has 16 heavy (non-hydrogen) atoms. The molecular weight excluding hydrogens is 224 g/mol. The maximum atomic E-state index is 5.93. The van der Waals surface area contributed by atoms with E-state index in [2.05, 4.69) is 22.3 Å². The van der Waals surface area contributed by atoms with Crippen LogP contribution in [-0.2, 0) is 6.42 Å². The van der Waals surface area contributed by atoms with E-state index in [0.29, 0.717) is 10.8 Å². The average molecular weight is 237 g/mol. The zero-order valence-electron chi connectivity index (χ0n) is 9.00. The predicted molar refractivity (Wildman–Crippen MR) is 66.4 cm³/mol. The number of nitrogens with two attached hydrogens (primary N) is 1. The first-order chi connectivity index (χ1) is 7.74. The second-order valence-electron chi connectivity index (χ2n) is 3.54. The first kappa shape index (κ1) is 11.1. The summed E-state index contributed by atoms with van der Waals surface area (Å²) in [6.45, 7) is 2.08. The van der Waals surface area contributed by atoms with Crippen molar-refractivity contribution in [2.45, 2.75) is 19.8 Å². The van der Waals surface area contributed by atoms with E-state index in [1.165, 1.54) is 0 Å². The summed E-state index contributed by atoms with van der Waals surface area (Å²) in [5.41, 5.74) is 3.41. The van der Waals surface area contributed by atoms with Crippen molar-refractivity contribution in [2.24, 2.45) is 5.84 Å². The van der Waals surface area contributed by atoms with Crippen LogP contribution in [0.15, 0.2) is 18.2 Å². The van der Waals surface area contributed by atoms with E-state index in [1.54, 1.807) is 6.07 Å². The van der Waals surface area contributed by atoms with Gasteiger partial charge >= 0.3 is 0 Å². The summed E-state index contributed by atoms with van der Waals surface area (Å²) in [4.78, 5) is 8.79. The SMILES string of the molecule is CCCc1nc(NN)c2ccc(Cl)cc2n1. The van der Waals surface area contributed by atoms with Crippen molar-refractivity contribution in [3.8, 4) is 0 Å². The van der Waals surface area contributed by atoms with Crippen molar-refractivity contribution in [2.75, 3.05) is 5.43 Å². The Balaban J connectivity index is 2.63. The topological polar surface area (TPSA) is 63.8 Å². The Hall–Kier alpha value is -1.39. The van der Waals surface area contributed by atoms with E-state index in [4.69, 9.17) is 17.4 Å². The van der Waals surface area contributed by atoms with Gasteiger partial charge in [0.2, 0.25) is 0 Å². The van der Waals surface area contributed by atoms with Gasteiger partial charge < -0.3 is 5.43 Å². The summed E-state index contributed by atoms with van der Waals surface area (Å²) in [7, 11) is 0. The van der Waals surface area contributed by atoms with Crippen LogP contribution in [0.4, 0.5) is 5.82 Å². The largest absolute Gasteiger partial charge is 0.308 e. The van der Waals surface area contributed by atoms with Crippen LogP contribution in [0.25, 0.3) is 10.9 Å². The second kappa shape index (κ2) is 4.63. The molecule has 5 heteroatoms. The summed E-state index contributed by atoms with van der Waals surface area (Å²) < 4.78 is 0. The molecule has 0 atom stereocenters. The van der Waals surface area contributed by atoms with E-state index in [9.17, 15) is 0 Å². The number of fused-ring (bicyclic) bond motifs is 1. The Morgan fingerprint density at radius 3 is 2.88 bits per heavy atom. The second-order valence-corrected chi connectivity index (χ2v) is 3.98. The minimum atomic E-state index is 0.644. The van der Waals surface area contributed by atoms with Crippen LogP contribution in [0, 0.1) is 0 Å². The van der Waals surface area contributed by atoms with Crippen LogP contribution in [0.2, 0.25) is 5.02 Å². The van der Waals surface area contributed by atoms with Crippen molar-refractivity contribution < 1.29 is 0 Å². The minimum absolute atomic E-state index is 0.644. The third-order valence-corrected chi connectivity index (χ3v) is 2.55. The summed E-state index contributed by atoms with van der Waals surface area (Å²) in [6, 6.07) is 5.48. The molecule has 0 fully saturated rings. The number of nitrogens with one attached hydrogen (secondary N) is 1. The first-order valence-electron chi connectivity index (χ1n) is 5.17. The number of benzene rings is 1. The molecule has 2 aromatic rings. The highest BCUT2D eigenvalue weighted by molar-refractivity contribution is 6.31. The number of hydrogen-bond donors (Lipinski definition) is 2. The number of anilines is 1. The lowest BCUT2D eigenvalue weighted by atomic mass is 10.2. The number of rotatable bonds is 3. The summed E-state index contributed by atoms with van der Waals surface area (Å²) in [6.07, 6.45) is 1.83. The van der Waals surface area contributed by atoms with Crippen LogP contribution in [0.1, 0.15) is 19.2 Å². The molecule has 0 aliphatic heterocycles. The molecule has 0 spiro atoms. The van der Waals surface area contributed by atoms with Crippen molar-refractivity contribution >= 4 is 28.3 Å². The van der Waals surface area contributed by atoms with E-state index in [-0.39, 0.29) is 0 Å². The lowest BCUT2D eigenvalue weighted by Crippen LogP contribution is -2.11. The molecule has 0 radical (unpaired) electrons. The van der Waals surface area contributed by atoms with E-state index < -0.39 is 0 Å². The van der Waals surface area contributed by atoms with E-state index >= 15 is 0 Å². The molecule has 3 N–H and O–H groups in total. The van der Waals surface area contributed by atoms with Gasteiger partial charge in [-0.3, -0.25) is 0 Å². The molecule has 0 saturated heterocycles. The molecule has 0 bridgehead atoms. The number of nitrogens with zero attached hydrogens (tertiary/aromatic N) is 2. The summed E-state index contributed by atoms with van der Waals surface area (Å²) in [5.74, 6) is 6.87. The number of hydrogen-bond acceptors (Lipinski definition) is 4. The Labute approximate surface area is 98.8 Å².